The van der Waals surface area contributed by atoms with Crippen LogP contribution in [0, 0.1) is 6.92 Å². The highest BCUT2D eigenvalue weighted by atomic mass is 16.2. The molecule has 4 rings (SSSR count). The molecule has 0 spiro atoms. The second-order valence-corrected chi connectivity index (χ2v) is 8.21. The monoisotopic (exact) mass is 423 g/mol. The first kappa shape index (κ1) is 21.1. The van der Waals surface area contributed by atoms with Gasteiger partial charge in [-0.25, -0.2) is 4.68 Å². The Balaban J connectivity index is 1.46. The number of benzene rings is 1. The van der Waals surface area contributed by atoms with Crippen LogP contribution in [0.2, 0.25) is 0 Å². The van der Waals surface area contributed by atoms with Gasteiger partial charge in [-0.2, -0.15) is 0 Å². The predicted molar refractivity (Wildman–Crippen MR) is 123 cm³/mol. The number of rotatable bonds is 5. The molecule has 0 aliphatic carbocycles. The van der Waals surface area contributed by atoms with Gasteiger partial charge in [0.05, 0.1) is 5.39 Å². The molecule has 0 saturated carbocycles. The maximum Gasteiger partial charge on any atom is 0.278 e. The first-order valence-corrected chi connectivity index (χ1v) is 10.7. The molecule has 8 nitrogen and oxygen atoms in total. The SMILES string of the molecule is Cc1cc2c(=O)n(C)n(CCCN3CCN(c4ccccc4)CC3)c(=O)c2c(=O)n1C. The van der Waals surface area contributed by atoms with Gasteiger partial charge in [0.25, 0.3) is 16.7 Å². The van der Waals surface area contributed by atoms with Crippen molar-refractivity contribution in [2.24, 2.45) is 14.1 Å². The average molecular weight is 424 g/mol. The standard InChI is InChI=1S/C23H29N5O3/c1-17-16-19-20(22(30)24(17)2)23(31)28(25(3)21(19)29)11-7-10-26-12-14-27(15-13-26)18-8-5-4-6-9-18/h4-6,8-9,16H,7,10-15H2,1-3H3. The molecule has 1 aliphatic rings. The highest BCUT2D eigenvalue weighted by molar-refractivity contribution is 5.80. The number of pyridine rings is 1. The molecule has 3 heterocycles. The second-order valence-electron chi connectivity index (χ2n) is 8.21. The largest absolute Gasteiger partial charge is 0.369 e. The number of aromatic nitrogens is 3. The lowest BCUT2D eigenvalue weighted by Crippen LogP contribution is -2.47. The van der Waals surface area contributed by atoms with E-state index < -0.39 is 11.1 Å². The third kappa shape index (κ3) is 3.95. The van der Waals surface area contributed by atoms with Gasteiger partial charge in [0.1, 0.15) is 5.39 Å². The highest BCUT2D eigenvalue weighted by Crippen LogP contribution is 2.15. The van der Waals surface area contributed by atoms with Crippen molar-refractivity contribution in [3.05, 3.63) is 73.2 Å². The van der Waals surface area contributed by atoms with Crippen molar-refractivity contribution in [3.63, 3.8) is 0 Å². The molecule has 0 N–H and O–H groups in total. The van der Waals surface area contributed by atoms with Crippen molar-refractivity contribution in [2.45, 2.75) is 19.9 Å². The quantitative estimate of drug-likeness (QED) is 0.610. The topological polar surface area (TPSA) is 72.5 Å². The van der Waals surface area contributed by atoms with Gasteiger partial charge in [-0.15, -0.1) is 0 Å². The molecule has 0 radical (unpaired) electrons. The van der Waals surface area contributed by atoms with Crippen molar-refractivity contribution < 1.29 is 0 Å². The Hall–Kier alpha value is -3.13. The van der Waals surface area contributed by atoms with E-state index in [2.05, 4.69) is 34.1 Å². The lowest BCUT2D eigenvalue weighted by molar-refractivity contribution is 0.246. The van der Waals surface area contributed by atoms with Gasteiger partial charge in [0.15, 0.2) is 0 Å². The Morgan fingerprint density at radius 2 is 1.52 bits per heavy atom. The second kappa shape index (κ2) is 8.55. The van der Waals surface area contributed by atoms with E-state index in [1.54, 1.807) is 27.1 Å². The van der Waals surface area contributed by atoms with Crippen molar-refractivity contribution in [1.82, 2.24) is 18.8 Å². The zero-order valence-corrected chi connectivity index (χ0v) is 18.4. The fraction of sp³-hybridized carbons (Fsp3) is 0.435. The fourth-order valence-electron chi connectivity index (χ4n) is 4.31. The molecule has 2 aromatic heterocycles. The molecule has 1 aromatic carbocycles. The summed E-state index contributed by atoms with van der Waals surface area (Å²) >= 11 is 0. The van der Waals surface area contributed by atoms with E-state index in [0.717, 1.165) is 39.1 Å². The number of hydrogen-bond donors (Lipinski definition) is 0. The van der Waals surface area contributed by atoms with E-state index in [-0.39, 0.29) is 16.3 Å². The molecule has 8 heteroatoms. The van der Waals surface area contributed by atoms with Crippen molar-refractivity contribution in [3.8, 4) is 0 Å². The Bertz CT molecular complexity index is 1260. The molecule has 1 saturated heterocycles. The molecule has 3 aromatic rings. The molecule has 0 unspecified atom stereocenters. The molecule has 164 valence electrons. The van der Waals surface area contributed by atoms with Crippen LogP contribution in [0.4, 0.5) is 5.69 Å². The summed E-state index contributed by atoms with van der Waals surface area (Å²) in [6.45, 7) is 6.84. The smallest absolute Gasteiger partial charge is 0.278 e. The van der Waals surface area contributed by atoms with Crippen LogP contribution in [0.3, 0.4) is 0 Å². The Morgan fingerprint density at radius 3 is 2.19 bits per heavy atom. The first-order chi connectivity index (χ1) is 14.9. The van der Waals surface area contributed by atoms with E-state index in [9.17, 15) is 14.4 Å². The third-order valence-corrected chi connectivity index (χ3v) is 6.34. The summed E-state index contributed by atoms with van der Waals surface area (Å²) in [4.78, 5) is 43.2. The number of piperazine rings is 1. The van der Waals surface area contributed by atoms with E-state index in [0.29, 0.717) is 12.2 Å². The molecule has 0 bridgehead atoms. The number of fused-ring (bicyclic) bond motifs is 1. The van der Waals surface area contributed by atoms with E-state index in [1.165, 1.54) is 19.6 Å². The van der Waals surface area contributed by atoms with Gasteiger partial charge in [0, 0.05) is 64.7 Å². The maximum atomic E-state index is 13.0. The van der Waals surface area contributed by atoms with Gasteiger partial charge in [-0.3, -0.25) is 24.0 Å². The summed E-state index contributed by atoms with van der Waals surface area (Å²) in [5.74, 6) is 0. The van der Waals surface area contributed by atoms with E-state index >= 15 is 0 Å². The van der Waals surface area contributed by atoms with Crippen LogP contribution in [0.1, 0.15) is 12.1 Å². The zero-order chi connectivity index (χ0) is 22.1. The summed E-state index contributed by atoms with van der Waals surface area (Å²) in [6.07, 6.45) is 0.732. The van der Waals surface area contributed by atoms with Crippen LogP contribution in [0.5, 0.6) is 0 Å². The lowest BCUT2D eigenvalue weighted by Gasteiger charge is -2.36. The Morgan fingerprint density at radius 1 is 0.839 bits per heavy atom. The minimum atomic E-state index is -0.413. The van der Waals surface area contributed by atoms with Gasteiger partial charge in [-0.05, 0) is 31.5 Å². The minimum Gasteiger partial charge on any atom is -0.369 e. The predicted octanol–water partition coefficient (Wildman–Crippen LogP) is 0.920. The van der Waals surface area contributed by atoms with Crippen molar-refractivity contribution >= 4 is 16.5 Å². The Kier molecular flexibility index (Phi) is 5.82. The normalized spacial score (nSPS) is 15.0. The summed E-state index contributed by atoms with van der Waals surface area (Å²) in [6, 6.07) is 12.0. The van der Waals surface area contributed by atoms with Crippen LogP contribution in [-0.4, -0.2) is 51.6 Å². The molecular weight excluding hydrogens is 394 g/mol. The zero-order valence-electron chi connectivity index (χ0n) is 18.4. The van der Waals surface area contributed by atoms with Crippen molar-refractivity contribution in [2.75, 3.05) is 37.6 Å². The molecule has 0 atom stereocenters. The molecular formula is C23H29N5O3. The third-order valence-electron chi connectivity index (χ3n) is 6.34. The van der Waals surface area contributed by atoms with Crippen LogP contribution in [-0.2, 0) is 20.6 Å². The summed E-state index contributed by atoms with van der Waals surface area (Å²) in [5.41, 5.74) is 0.778. The molecule has 31 heavy (non-hydrogen) atoms. The highest BCUT2D eigenvalue weighted by Gasteiger charge is 2.18. The summed E-state index contributed by atoms with van der Waals surface area (Å²) in [5, 5.41) is 0.175. The first-order valence-electron chi connectivity index (χ1n) is 10.7. The van der Waals surface area contributed by atoms with Crippen LogP contribution >= 0.6 is 0 Å². The number of nitrogens with zero attached hydrogens (tertiary/aromatic N) is 5. The minimum absolute atomic E-state index is 0.0207. The van der Waals surface area contributed by atoms with Gasteiger partial charge < -0.3 is 9.47 Å². The van der Waals surface area contributed by atoms with Crippen molar-refractivity contribution in [1.29, 1.82) is 0 Å². The van der Waals surface area contributed by atoms with Crippen LogP contribution in [0.15, 0.2) is 50.8 Å². The molecule has 1 aliphatic heterocycles. The average Bonchev–Trinajstić information content (AvgIpc) is 2.79. The van der Waals surface area contributed by atoms with E-state index in [4.69, 9.17) is 0 Å². The van der Waals surface area contributed by atoms with Gasteiger partial charge in [-0.1, -0.05) is 18.2 Å². The lowest BCUT2D eigenvalue weighted by atomic mass is 10.2. The van der Waals surface area contributed by atoms with Crippen LogP contribution < -0.4 is 21.6 Å². The Labute approximate surface area is 180 Å². The summed E-state index contributed by atoms with van der Waals surface area (Å²) < 4.78 is 4.16. The molecule has 1 fully saturated rings. The number of para-hydroxylation sites is 1. The van der Waals surface area contributed by atoms with Gasteiger partial charge in [0.2, 0.25) is 0 Å². The maximum absolute atomic E-state index is 13.0. The summed E-state index contributed by atoms with van der Waals surface area (Å²) in [7, 11) is 3.21. The number of hydrogen-bond acceptors (Lipinski definition) is 5. The number of aryl methyl sites for hydroxylation is 1. The van der Waals surface area contributed by atoms with E-state index in [1.807, 2.05) is 6.07 Å². The number of anilines is 1. The fourth-order valence-corrected chi connectivity index (χ4v) is 4.31. The molecule has 0 amide bonds. The van der Waals surface area contributed by atoms with Gasteiger partial charge >= 0.3 is 0 Å². The van der Waals surface area contributed by atoms with Crippen LogP contribution in [0.25, 0.3) is 10.8 Å².